The number of aromatic nitrogens is 2. The molecule has 24 heavy (non-hydrogen) atoms. The molecule has 0 spiro atoms. The van der Waals surface area contributed by atoms with Crippen molar-refractivity contribution < 1.29 is 19.1 Å². The minimum atomic E-state index is -0.633. The van der Waals surface area contributed by atoms with E-state index in [9.17, 15) is 9.59 Å². The number of hydrogen-bond donors (Lipinski definition) is 1. The summed E-state index contributed by atoms with van der Waals surface area (Å²) < 4.78 is 11.6. The number of nitrogens with zero attached hydrogens (tertiary/aromatic N) is 2. The average Bonchev–Trinajstić information content (AvgIpc) is 2.99. The van der Waals surface area contributed by atoms with Crippen LogP contribution in [0, 0.1) is 0 Å². The van der Waals surface area contributed by atoms with Gasteiger partial charge in [-0.05, 0) is 25.5 Å². The Hall–Kier alpha value is -2.83. The highest BCUT2D eigenvalue weighted by atomic mass is 16.5. The van der Waals surface area contributed by atoms with Crippen LogP contribution in [0.2, 0.25) is 0 Å². The Morgan fingerprint density at radius 3 is 2.58 bits per heavy atom. The van der Waals surface area contributed by atoms with Crippen molar-refractivity contribution in [2.75, 3.05) is 18.5 Å². The number of carbonyl (C=O) groups is 2. The standard InChI is InChI=1S/C17H21N3O4/c1-3-5-11-24-17(22)19-15-14(16(21)23-4-2)12-18-20(15)13-9-7-6-8-10-13/h6-10,12H,3-5,11H2,1-2H3,(H,19,22). The molecule has 1 heterocycles. The number of amides is 1. The molecule has 0 aliphatic heterocycles. The van der Waals surface area contributed by atoms with Crippen molar-refractivity contribution >= 4 is 17.9 Å². The van der Waals surface area contributed by atoms with E-state index in [1.807, 2.05) is 37.3 Å². The maximum Gasteiger partial charge on any atom is 0.412 e. The highest BCUT2D eigenvalue weighted by Gasteiger charge is 2.21. The molecular weight excluding hydrogens is 310 g/mol. The number of hydrogen-bond acceptors (Lipinski definition) is 5. The lowest BCUT2D eigenvalue weighted by atomic mass is 10.3. The van der Waals surface area contributed by atoms with Gasteiger partial charge in [0.2, 0.25) is 0 Å². The summed E-state index contributed by atoms with van der Waals surface area (Å²) in [5.41, 5.74) is 0.880. The molecule has 7 nitrogen and oxygen atoms in total. The molecule has 128 valence electrons. The number of rotatable bonds is 7. The van der Waals surface area contributed by atoms with E-state index in [0.29, 0.717) is 12.3 Å². The van der Waals surface area contributed by atoms with Gasteiger partial charge < -0.3 is 9.47 Å². The van der Waals surface area contributed by atoms with Gasteiger partial charge in [0, 0.05) is 0 Å². The minimum Gasteiger partial charge on any atom is -0.462 e. The first-order valence-electron chi connectivity index (χ1n) is 7.91. The average molecular weight is 331 g/mol. The van der Waals surface area contributed by atoms with E-state index < -0.39 is 12.1 Å². The summed E-state index contributed by atoms with van der Waals surface area (Å²) in [6, 6.07) is 9.17. The van der Waals surface area contributed by atoms with Gasteiger partial charge in [-0.1, -0.05) is 31.5 Å². The van der Waals surface area contributed by atoms with Crippen molar-refractivity contribution in [3.05, 3.63) is 42.1 Å². The summed E-state index contributed by atoms with van der Waals surface area (Å²) in [4.78, 5) is 24.1. The van der Waals surface area contributed by atoms with E-state index in [0.717, 1.165) is 12.8 Å². The first kappa shape index (κ1) is 17.5. The Morgan fingerprint density at radius 1 is 1.17 bits per heavy atom. The van der Waals surface area contributed by atoms with Crippen molar-refractivity contribution in [1.29, 1.82) is 0 Å². The summed E-state index contributed by atoms with van der Waals surface area (Å²) in [6.07, 6.45) is 2.43. The summed E-state index contributed by atoms with van der Waals surface area (Å²) in [5.74, 6) is -0.329. The number of ether oxygens (including phenoxy) is 2. The van der Waals surface area contributed by atoms with Crippen molar-refractivity contribution in [2.24, 2.45) is 0 Å². The number of nitrogens with one attached hydrogen (secondary N) is 1. The molecule has 1 amide bonds. The fourth-order valence-electron chi connectivity index (χ4n) is 2.03. The van der Waals surface area contributed by atoms with Crippen LogP contribution in [0.5, 0.6) is 0 Å². The number of esters is 1. The van der Waals surface area contributed by atoms with Gasteiger partial charge in [-0.25, -0.2) is 14.3 Å². The van der Waals surface area contributed by atoms with E-state index in [2.05, 4.69) is 10.4 Å². The Labute approximate surface area is 140 Å². The summed E-state index contributed by atoms with van der Waals surface area (Å²) >= 11 is 0. The van der Waals surface area contributed by atoms with E-state index in [1.165, 1.54) is 10.9 Å². The van der Waals surface area contributed by atoms with Gasteiger partial charge in [-0.15, -0.1) is 0 Å². The third kappa shape index (κ3) is 4.34. The molecular formula is C17H21N3O4. The van der Waals surface area contributed by atoms with Crippen LogP contribution in [0.25, 0.3) is 5.69 Å². The van der Waals surface area contributed by atoms with Gasteiger partial charge in [0.1, 0.15) is 5.56 Å². The fourth-order valence-corrected chi connectivity index (χ4v) is 2.03. The molecule has 0 radical (unpaired) electrons. The topological polar surface area (TPSA) is 82.4 Å². The molecule has 0 saturated heterocycles. The van der Waals surface area contributed by atoms with E-state index in [-0.39, 0.29) is 18.0 Å². The van der Waals surface area contributed by atoms with Crippen molar-refractivity contribution in [3.8, 4) is 5.69 Å². The van der Waals surface area contributed by atoms with Gasteiger partial charge >= 0.3 is 12.1 Å². The summed E-state index contributed by atoms with van der Waals surface area (Å²) in [7, 11) is 0. The van der Waals surface area contributed by atoms with Crippen molar-refractivity contribution in [2.45, 2.75) is 26.7 Å². The van der Waals surface area contributed by atoms with Gasteiger partial charge in [0.25, 0.3) is 0 Å². The van der Waals surface area contributed by atoms with Gasteiger partial charge in [0.05, 0.1) is 25.1 Å². The van der Waals surface area contributed by atoms with Crippen LogP contribution in [0.15, 0.2) is 36.5 Å². The monoisotopic (exact) mass is 331 g/mol. The molecule has 0 saturated carbocycles. The van der Waals surface area contributed by atoms with Gasteiger partial charge in [-0.3, -0.25) is 5.32 Å². The van der Waals surface area contributed by atoms with E-state index in [1.54, 1.807) is 6.92 Å². The Kier molecular flexibility index (Phi) is 6.36. The maximum atomic E-state index is 12.1. The predicted molar refractivity (Wildman–Crippen MR) is 89.4 cm³/mol. The number of para-hydroxylation sites is 1. The van der Waals surface area contributed by atoms with E-state index >= 15 is 0 Å². The van der Waals surface area contributed by atoms with Crippen LogP contribution in [-0.2, 0) is 9.47 Å². The molecule has 0 fully saturated rings. The minimum absolute atomic E-state index is 0.174. The molecule has 0 bridgehead atoms. The Balaban J connectivity index is 2.28. The molecule has 1 aromatic heterocycles. The molecule has 0 aliphatic carbocycles. The lowest BCUT2D eigenvalue weighted by Crippen LogP contribution is -2.19. The predicted octanol–water partition coefficient (Wildman–Crippen LogP) is 3.40. The first-order chi connectivity index (χ1) is 11.7. The molecule has 1 aromatic carbocycles. The number of benzene rings is 1. The number of carbonyl (C=O) groups excluding carboxylic acids is 2. The Morgan fingerprint density at radius 2 is 1.92 bits per heavy atom. The molecule has 2 rings (SSSR count). The summed E-state index contributed by atoms with van der Waals surface area (Å²) in [5, 5.41) is 6.78. The number of anilines is 1. The zero-order valence-electron chi connectivity index (χ0n) is 13.8. The van der Waals surface area contributed by atoms with Crippen LogP contribution >= 0.6 is 0 Å². The van der Waals surface area contributed by atoms with Gasteiger partial charge in [-0.2, -0.15) is 5.10 Å². The second-order valence-corrected chi connectivity index (χ2v) is 4.99. The molecule has 0 atom stereocenters. The smallest absolute Gasteiger partial charge is 0.412 e. The summed E-state index contributed by atoms with van der Waals surface area (Å²) in [6.45, 7) is 4.27. The molecule has 0 unspecified atom stereocenters. The first-order valence-corrected chi connectivity index (χ1v) is 7.91. The molecule has 1 N–H and O–H groups in total. The molecule has 0 aliphatic rings. The van der Waals surface area contributed by atoms with Crippen LogP contribution in [0.4, 0.5) is 10.6 Å². The largest absolute Gasteiger partial charge is 0.462 e. The van der Waals surface area contributed by atoms with Crippen molar-refractivity contribution in [3.63, 3.8) is 0 Å². The third-order valence-electron chi connectivity index (χ3n) is 3.22. The van der Waals surface area contributed by atoms with Gasteiger partial charge in [0.15, 0.2) is 5.82 Å². The van der Waals surface area contributed by atoms with Crippen molar-refractivity contribution in [1.82, 2.24) is 9.78 Å². The van der Waals surface area contributed by atoms with Crippen LogP contribution in [0.1, 0.15) is 37.0 Å². The molecule has 7 heteroatoms. The SMILES string of the molecule is CCCCOC(=O)Nc1c(C(=O)OCC)cnn1-c1ccccc1. The molecule has 2 aromatic rings. The lowest BCUT2D eigenvalue weighted by Gasteiger charge is -2.11. The maximum absolute atomic E-state index is 12.1. The Bertz CT molecular complexity index is 682. The number of unbranched alkanes of at least 4 members (excludes halogenated alkanes) is 1. The van der Waals surface area contributed by atoms with Crippen LogP contribution in [0.3, 0.4) is 0 Å². The second kappa shape index (κ2) is 8.71. The third-order valence-corrected chi connectivity index (χ3v) is 3.22. The fraction of sp³-hybridized carbons (Fsp3) is 0.353. The quantitative estimate of drug-likeness (QED) is 0.621. The zero-order valence-corrected chi connectivity index (χ0v) is 13.8. The zero-order chi connectivity index (χ0) is 17.4. The second-order valence-electron chi connectivity index (χ2n) is 4.99. The highest BCUT2D eigenvalue weighted by Crippen LogP contribution is 2.21. The van der Waals surface area contributed by atoms with E-state index in [4.69, 9.17) is 9.47 Å². The normalized spacial score (nSPS) is 10.2. The van der Waals surface area contributed by atoms with Crippen LogP contribution in [-0.4, -0.2) is 35.1 Å². The lowest BCUT2D eigenvalue weighted by molar-refractivity contribution is 0.0527. The highest BCUT2D eigenvalue weighted by molar-refractivity contribution is 5.98. The van der Waals surface area contributed by atoms with Crippen LogP contribution < -0.4 is 5.32 Å².